The minimum atomic E-state index is -4.69. The number of hydrogen-bond donors (Lipinski definition) is 1. The lowest BCUT2D eigenvalue weighted by Crippen LogP contribution is -2.32. The maximum Gasteiger partial charge on any atom is 0.573 e. The fraction of sp³-hybridized carbons (Fsp3) is 0.538. The number of alkyl halides is 3. The van der Waals surface area contributed by atoms with Gasteiger partial charge in [-0.2, -0.15) is 0 Å². The number of rotatable bonds is 4. The highest BCUT2D eigenvalue weighted by atomic mass is 19.4. The Hall–Kier alpha value is -1.43. The summed E-state index contributed by atoms with van der Waals surface area (Å²) < 4.78 is 45.0. The Labute approximate surface area is 108 Å². The molecule has 1 N–H and O–H groups in total. The summed E-state index contributed by atoms with van der Waals surface area (Å²) in [5.41, 5.74) is -0.804. The standard InChI is InChI=1S/C13H15F3O3/c14-13(15,16)19-11-5-3-10(4-6-11)18-9-12(17)7-1-2-8-12/h3-6,17H,1-2,7-9H2. The van der Waals surface area contributed by atoms with Crippen molar-refractivity contribution >= 4 is 0 Å². The molecule has 1 aromatic rings. The summed E-state index contributed by atoms with van der Waals surface area (Å²) >= 11 is 0. The first-order valence-electron chi connectivity index (χ1n) is 6.07. The Bertz CT molecular complexity index is 408. The lowest BCUT2D eigenvalue weighted by Gasteiger charge is -2.22. The van der Waals surface area contributed by atoms with Crippen LogP contribution in [0.4, 0.5) is 13.2 Å². The monoisotopic (exact) mass is 276 g/mol. The summed E-state index contributed by atoms with van der Waals surface area (Å²) in [4.78, 5) is 0. The van der Waals surface area contributed by atoms with Crippen LogP contribution in [0.15, 0.2) is 24.3 Å². The maximum absolute atomic E-state index is 12.0. The Balaban J connectivity index is 1.88. The zero-order valence-corrected chi connectivity index (χ0v) is 10.2. The van der Waals surface area contributed by atoms with Gasteiger partial charge in [-0.1, -0.05) is 12.8 Å². The molecule has 106 valence electrons. The van der Waals surface area contributed by atoms with Crippen molar-refractivity contribution in [1.82, 2.24) is 0 Å². The van der Waals surface area contributed by atoms with Gasteiger partial charge in [0, 0.05) is 0 Å². The third kappa shape index (κ3) is 4.31. The second-order valence-electron chi connectivity index (χ2n) is 4.74. The molecule has 0 amide bonds. The van der Waals surface area contributed by atoms with E-state index in [2.05, 4.69) is 4.74 Å². The number of benzene rings is 1. The SMILES string of the molecule is OC1(COc2ccc(OC(F)(F)F)cc2)CCCC1. The van der Waals surface area contributed by atoms with Crippen molar-refractivity contribution in [3.05, 3.63) is 24.3 Å². The van der Waals surface area contributed by atoms with Crippen molar-refractivity contribution in [2.45, 2.75) is 37.6 Å². The van der Waals surface area contributed by atoms with Crippen molar-refractivity contribution in [1.29, 1.82) is 0 Å². The lowest BCUT2D eigenvalue weighted by atomic mass is 10.0. The van der Waals surface area contributed by atoms with Crippen LogP contribution < -0.4 is 9.47 Å². The maximum atomic E-state index is 12.0. The van der Waals surface area contributed by atoms with Crippen molar-refractivity contribution < 1.29 is 27.8 Å². The molecule has 0 saturated heterocycles. The van der Waals surface area contributed by atoms with Gasteiger partial charge in [0.1, 0.15) is 18.1 Å². The van der Waals surface area contributed by atoms with E-state index in [4.69, 9.17) is 4.74 Å². The molecule has 3 nitrogen and oxygen atoms in total. The summed E-state index contributed by atoms with van der Waals surface area (Å²) in [5, 5.41) is 10.1. The predicted octanol–water partition coefficient (Wildman–Crippen LogP) is 3.27. The van der Waals surface area contributed by atoms with Crippen LogP contribution in [-0.2, 0) is 0 Å². The summed E-state index contributed by atoms with van der Waals surface area (Å²) in [6.07, 6.45) is -1.36. The molecule has 0 heterocycles. The molecule has 1 saturated carbocycles. The second kappa shape index (κ2) is 5.28. The average molecular weight is 276 g/mol. The number of halogens is 3. The minimum Gasteiger partial charge on any atom is -0.491 e. The van der Waals surface area contributed by atoms with E-state index in [1.165, 1.54) is 24.3 Å². The zero-order valence-electron chi connectivity index (χ0n) is 10.2. The van der Waals surface area contributed by atoms with E-state index in [-0.39, 0.29) is 12.4 Å². The largest absolute Gasteiger partial charge is 0.573 e. The molecule has 0 spiro atoms. The number of hydrogen-bond acceptors (Lipinski definition) is 3. The van der Waals surface area contributed by atoms with E-state index in [0.29, 0.717) is 18.6 Å². The van der Waals surface area contributed by atoms with Gasteiger partial charge in [-0.05, 0) is 37.1 Å². The molecule has 0 aromatic heterocycles. The molecular formula is C13H15F3O3. The van der Waals surface area contributed by atoms with Crippen LogP contribution in [0.2, 0.25) is 0 Å². The average Bonchev–Trinajstić information content (AvgIpc) is 2.74. The van der Waals surface area contributed by atoms with E-state index in [1.807, 2.05) is 0 Å². The van der Waals surface area contributed by atoms with Crippen LogP contribution in [0.1, 0.15) is 25.7 Å². The molecule has 0 radical (unpaired) electrons. The summed E-state index contributed by atoms with van der Waals surface area (Å²) in [5.74, 6) is 0.120. The van der Waals surface area contributed by atoms with E-state index in [0.717, 1.165) is 12.8 Å². The highest BCUT2D eigenvalue weighted by molar-refractivity contribution is 5.31. The third-order valence-electron chi connectivity index (χ3n) is 3.10. The smallest absolute Gasteiger partial charge is 0.491 e. The molecule has 19 heavy (non-hydrogen) atoms. The molecule has 1 aliphatic rings. The molecule has 1 aliphatic carbocycles. The first kappa shape index (κ1) is 14.0. The van der Waals surface area contributed by atoms with E-state index < -0.39 is 12.0 Å². The molecule has 2 rings (SSSR count). The van der Waals surface area contributed by atoms with E-state index >= 15 is 0 Å². The minimum absolute atomic E-state index is 0.159. The van der Waals surface area contributed by atoms with Gasteiger partial charge in [0.15, 0.2) is 0 Å². The van der Waals surface area contributed by atoms with Gasteiger partial charge in [-0.15, -0.1) is 13.2 Å². The van der Waals surface area contributed by atoms with Gasteiger partial charge in [-0.3, -0.25) is 0 Å². The van der Waals surface area contributed by atoms with Crippen LogP contribution in [0, 0.1) is 0 Å². The van der Waals surface area contributed by atoms with Gasteiger partial charge in [-0.25, -0.2) is 0 Å². The fourth-order valence-corrected chi connectivity index (χ4v) is 2.13. The molecule has 0 unspecified atom stereocenters. The molecular weight excluding hydrogens is 261 g/mol. The van der Waals surface area contributed by atoms with Gasteiger partial charge in [0.25, 0.3) is 0 Å². The second-order valence-corrected chi connectivity index (χ2v) is 4.74. The van der Waals surface area contributed by atoms with Crippen molar-refractivity contribution in [3.63, 3.8) is 0 Å². The Kier molecular flexibility index (Phi) is 3.89. The van der Waals surface area contributed by atoms with Crippen LogP contribution >= 0.6 is 0 Å². The Morgan fingerprint density at radius 2 is 1.58 bits per heavy atom. The van der Waals surface area contributed by atoms with Gasteiger partial charge in [0.2, 0.25) is 0 Å². The molecule has 1 aromatic carbocycles. The first-order chi connectivity index (χ1) is 8.86. The van der Waals surface area contributed by atoms with Crippen molar-refractivity contribution in [2.75, 3.05) is 6.61 Å². The fourth-order valence-electron chi connectivity index (χ4n) is 2.13. The first-order valence-corrected chi connectivity index (χ1v) is 6.07. The molecule has 1 fully saturated rings. The van der Waals surface area contributed by atoms with Crippen molar-refractivity contribution in [3.8, 4) is 11.5 Å². The summed E-state index contributed by atoms with van der Waals surface area (Å²) in [6.45, 7) is 0.159. The quantitative estimate of drug-likeness (QED) is 0.917. The Morgan fingerprint density at radius 1 is 1.05 bits per heavy atom. The third-order valence-corrected chi connectivity index (χ3v) is 3.10. The molecule has 0 bridgehead atoms. The number of aliphatic hydroxyl groups is 1. The summed E-state index contributed by atoms with van der Waals surface area (Å²) in [6, 6.07) is 5.14. The van der Waals surface area contributed by atoms with Crippen LogP contribution in [-0.4, -0.2) is 23.7 Å². The van der Waals surface area contributed by atoms with Crippen LogP contribution in [0.3, 0.4) is 0 Å². The Morgan fingerprint density at radius 3 is 2.11 bits per heavy atom. The topological polar surface area (TPSA) is 38.7 Å². The van der Waals surface area contributed by atoms with Gasteiger partial charge < -0.3 is 14.6 Å². The lowest BCUT2D eigenvalue weighted by molar-refractivity contribution is -0.274. The van der Waals surface area contributed by atoms with Crippen molar-refractivity contribution in [2.24, 2.45) is 0 Å². The predicted molar refractivity (Wildman–Crippen MR) is 62.0 cm³/mol. The van der Waals surface area contributed by atoms with Gasteiger partial charge in [0.05, 0.1) is 5.60 Å². The van der Waals surface area contributed by atoms with E-state index in [9.17, 15) is 18.3 Å². The summed E-state index contributed by atoms with van der Waals surface area (Å²) in [7, 11) is 0. The zero-order chi connectivity index (χ0) is 13.9. The normalized spacial score (nSPS) is 18.3. The molecule has 0 atom stereocenters. The highest BCUT2D eigenvalue weighted by Crippen LogP contribution is 2.30. The molecule has 6 heteroatoms. The highest BCUT2D eigenvalue weighted by Gasteiger charge is 2.32. The van der Waals surface area contributed by atoms with E-state index in [1.54, 1.807) is 0 Å². The van der Waals surface area contributed by atoms with Gasteiger partial charge >= 0.3 is 6.36 Å². The number of ether oxygens (including phenoxy) is 2. The van der Waals surface area contributed by atoms with Crippen LogP contribution in [0.5, 0.6) is 11.5 Å². The molecule has 0 aliphatic heterocycles. The van der Waals surface area contributed by atoms with Crippen LogP contribution in [0.25, 0.3) is 0 Å².